The molecule has 3 aromatic rings. The zero-order chi connectivity index (χ0) is 14.8. The Balaban J connectivity index is 2.15. The van der Waals surface area contributed by atoms with E-state index in [2.05, 4.69) is 25.4 Å². The second-order valence-corrected chi connectivity index (χ2v) is 5.01. The molecule has 1 aromatic carbocycles. The summed E-state index contributed by atoms with van der Waals surface area (Å²) in [4.78, 5) is 13.0. The molecule has 0 radical (unpaired) electrons. The summed E-state index contributed by atoms with van der Waals surface area (Å²) >= 11 is 12.0. The molecule has 2 aromatic heterocycles. The van der Waals surface area contributed by atoms with E-state index in [-0.39, 0.29) is 0 Å². The van der Waals surface area contributed by atoms with Gasteiger partial charge in [-0.25, -0.2) is 4.68 Å². The first-order valence-corrected chi connectivity index (χ1v) is 6.81. The molecule has 0 amide bonds. The maximum absolute atomic E-state index is 6.02. The number of nitrogens with one attached hydrogen (secondary N) is 1. The van der Waals surface area contributed by atoms with E-state index in [0.717, 1.165) is 0 Å². The zero-order valence-corrected chi connectivity index (χ0v) is 12.5. The molecule has 0 saturated carbocycles. The number of hydrogen-bond donors (Lipinski definition) is 1. The molecule has 3 rings (SSSR count). The second kappa shape index (κ2) is 5.67. The lowest BCUT2D eigenvalue weighted by molar-refractivity contribution is 0.800. The monoisotopic (exact) mass is 320 g/mol. The average Bonchev–Trinajstić information content (AvgIpc) is 3.00. The van der Waals surface area contributed by atoms with E-state index in [9.17, 15) is 0 Å². The summed E-state index contributed by atoms with van der Waals surface area (Å²) in [7, 11) is 1.73. The van der Waals surface area contributed by atoms with Crippen LogP contribution in [0.4, 0.5) is 5.95 Å². The molecule has 106 valence electrons. The van der Waals surface area contributed by atoms with Crippen LogP contribution in [-0.2, 0) is 0 Å². The molecule has 0 atom stereocenters. The van der Waals surface area contributed by atoms with Gasteiger partial charge in [0.2, 0.25) is 5.95 Å². The molecule has 6 nitrogen and oxygen atoms in total. The van der Waals surface area contributed by atoms with Crippen LogP contribution < -0.4 is 5.32 Å². The van der Waals surface area contributed by atoms with Crippen molar-refractivity contribution in [3.8, 4) is 17.3 Å². The largest absolute Gasteiger partial charge is 0.357 e. The van der Waals surface area contributed by atoms with E-state index in [1.165, 1.54) is 0 Å². The molecule has 0 bridgehead atoms. The molecule has 8 heteroatoms. The van der Waals surface area contributed by atoms with Gasteiger partial charge in [0.1, 0.15) is 0 Å². The van der Waals surface area contributed by atoms with Crippen molar-refractivity contribution in [1.82, 2.24) is 24.7 Å². The van der Waals surface area contributed by atoms with Crippen LogP contribution in [0.5, 0.6) is 0 Å². The van der Waals surface area contributed by atoms with Gasteiger partial charge in [0, 0.05) is 35.1 Å². The highest BCUT2D eigenvalue weighted by atomic mass is 35.5. The third-order valence-electron chi connectivity index (χ3n) is 2.68. The van der Waals surface area contributed by atoms with Crippen LogP contribution in [0.2, 0.25) is 10.0 Å². The fourth-order valence-corrected chi connectivity index (χ4v) is 2.30. The van der Waals surface area contributed by atoms with E-state index in [4.69, 9.17) is 23.2 Å². The van der Waals surface area contributed by atoms with E-state index < -0.39 is 0 Å². The number of anilines is 1. The van der Waals surface area contributed by atoms with Crippen LogP contribution in [0.3, 0.4) is 0 Å². The van der Waals surface area contributed by atoms with Crippen LogP contribution in [0.25, 0.3) is 17.3 Å². The lowest BCUT2D eigenvalue weighted by Gasteiger charge is -2.07. The Hall–Kier alpha value is -2.18. The number of rotatable bonds is 3. The molecule has 2 heterocycles. The van der Waals surface area contributed by atoms with Gasteiger partial charge in [0.15, 0.2) is 5.82 Å². The molecule has 0 fully saturated rings. The van der Waals surface area contributed by atoms with Crippen LogP contribution in [0.1, 0.15) is 0 Å². The van der Waals surface area contributed by atoms with E-state index >= 15 is 0 Å². The number of hydrogen-bond acceptors (Lipinski definition) is 5. The van der Waals surface area contributed by atoms with Gasteiger partial charge in [-0.3, -0.25) is 0 Å². The standard InChI is InChI=1S/C13H10Cl2N6/c1-16-12-18-11(8-5-9(14)7-10(15)6-8)19-13(20-12)21-4-2-3-17-21/h2-7H,1H3,(H,16,18,19,20). The van der Waals surface area contributed by atoms with Crippen molar-refractivity contribution in [2.24, 2.45) is 0 Å². The fraction of sp³-hybridized carbons (Fsp3) is 0.0769. The van der Waals surface area contributed by atoms with Crippen LogP contribution in [0.15, 0.2) is 36.7 Å². The minimum Gasteiger partial charge on any atom is -0.357 e. The van der Waals surface area contributed by atoms with Crippen LogP contribution >= 0.6 is 23.2 Å². The molecule has 0 aliphatic heterocycles. The van der Waals surface area contributed by atoms with Crippen LogP contribution in [-0.4, -0.2) is 31.8 Å². The van der Waals surface area contributed by atoms with Gasteiger partial charge in [-0.1, -0.05) is 23.2 Å². The van der Waals surface area contributed by atoms with Crippen LogP contribution in [0, 0.1) is 0 Å². The zero-order valence-electron chi connectivity index (χ0n) is 11.0. The SMILES string of the molecule is CNc1nc(-c2cc(Cl)cc(Cl)c2)nc(-n2cccn2)n1. The lowest BCUT2D eigenvalue weighted by Crippen LogP contribution is -2.08. The predicted octanol–water partition coefficient (Wildman–Crippen LogP) is 3.07. The lowest BCUT2D eigenvalue weighted by atomic mass is 10.2. The van der Waals surface area contributed by atoms with Gasteiger partial charge < -0.3 is 5.32 Å². The smallest absolute Gasteiger partial charge is 0.255 e. The summed E-state index contributed by atoms with van der Waals surface area (Å²) < 4.78 is 1.55. The molecule has 0 aliphatic carbocycles. The Morgan fingerprint density at radius 1 is 1.05 bits per heavy atom. The molecule has 1 N–H and O–H groups in total. The third-order valence-corrected chi connectivity index (χ3v) is 3.11. The van der Waals surface area contributed by atoms with Crippen molar-refractivity contribution in [1.29, 1.82) is 0 Å². The maximum atomic E-state index is 6.02. The van der Waals surface area contributed by atoms with Gasteiger partial charge in [-0.05, 0) is 24.3 Å². The minimum absolute atomic E-state index is 0.408. The van der Waals surface area contributed by atoms with Crippen molar-refractivity contribution in [3.05, 3.63) is 46.7 Å². The number of benzene rings is 1. The summed E-state index contributed by atoms with van der Waals surface area (Å²) in [6.45, 7) is 0. The highest BCUT2D eigenvalue weighted by Crippen LogP contribution is 2.25. The van der Waals surface area contributed by atoms with Crippen molar-refractivity contribution in [2.75, 3.05) is 12.4 Å². The Morgan fingerprint density at radius 2 is 1.81 bits per heavy atom. The summed E-state index contributed by atoms with van der Waals surface area (Å²) in [6.07, 6.45) is 3.41. The Morgan fingerprint density at radius 3 is 2.43 bits per heavy atom. The number of aromatic nitrogens is 5. The van der Waals surface area contributed by atoms with Gasteiger partial charge in [0.25, 0.3) is 5.95 Å². The summed E-state index contributed by atoms with van der Waals surface area (Å²) in [5.74, 6) is 1.30. The number of halogens is 2. The molecule has 0 spiro atoms. The van der Waals surface area contributed by atoms with Gasteiger partial charge in [-0.15, -0.1) is 0 Å². The molecule has 0 aliphatic rings. The maximum Gasteiger partial charge on any atom is 0.255 e. The second-order valence-electron chi connectivity index (χ2n) is 4.14. The van der Waals surface area contributed by atoms with Gasteiger partial charge in [0.05, 0.1) is 0 Å². The topological polar surface area (TPSA) is 68.5 Å². The van der Waals surface area contributed by atoms with E-state index in [1.54, 1.807) is 48.4 Å². The van der Waals surface area contributed by atoms with E-state index in [1.807, 2.05) is 0 Å². The quantitative estimate of drug-likeness (QED) is 0.803. The first-order chi connectivity index (χ1) is 10.2. The number of nitrogens with zero attached hydrogens (tertiary/aromatic N) is 5. The summed E-state index contributed by atoms with van der Waals surface area (Å²) in [6, 6.07) is 6.93. The fourth-order valence-electron chi connectivity index (χ4n) is 1.78. The molecular formula is C13H10Cl2N6. The first-order valence-electron chi connectivity index (χ1n) is 6.06. The Kier molecular flexibility index (Phi) is 3.72. The van der Waals surface area contributed by atoms with Crippen molar-refractivity contribution >= 4 is 29.2 Å². The predicted molar refractivity (Wildman–Crippen MR) is 82.0 cm³/mol. The van der Waals surface area contributed by atoms with E-state index in [0.29, 0.717) is 33.3 Å². The molecule has 21 heavy (non-hydrogen) atoms. The molecule has 0 unspecified atom stereocenters. The minimum atomic E-state index is 0.408. The van der Waals surface area contributed by atoms with Gasteiger partial charge in [-0.2, -0.15) is 20.1 Å². The highest BCUT2D eigenvalue weighted by molar-refractivity contribution is 6.35. The highest BCUT2D eigenvalue weighted by Gasteiger charge is 2.11. The average molecular weight is 321 g/mol. The van der Waals surface area contributed by atoms with Crippen molar-refractivity contribution < 1.29 is 0 Å². The normalized spacial score (nSPS) is 10.6. The summed E-state index contributed by atoms with van der Waals surface area (Å²) in [5.41, 5.74) is 0.708. The molecule has 0 saturated heterocycles. The van der Waals surface area contributed by atoms with Crippen molar-refractivity contribution in [3.63, 3.8) is 0 Å². The molecular weight excluding hydrogens is 311 g/mol. The Labute approximate surface area is 130 Å². The summed E-state index contributed by atoms with van der Waals surface area (Å²) in [5, 5.41) is 8.05. The Bertz CT molecular complexity index is 752. The van der Waals surface area contributed by atoms with Crippen molar-refractivity contribution in [2.45, 2.75) is 0 Å². The van der Waals surface area contributed by atoms with Gasteiger partial charge >= 0.3 is 0 Å². The first kappa shape index (κ1) is 13.8. The third kappa shape index (κ3) is 2.96.